The van der Waals surface area contributed by atoms with E-state index >= 15 is 0 Å². The maximum absolute atomic E-state index is 12.9. The van der Waals surface area contributed by atoms with Crippen molar-refractivity contribution in [3.8, 4) is 11.8 Å². The molecule has 20 heavy (non-hydrogen) atoms. The van der Waals surface area contributed by atoms with Gasteiger partial charge in [-0.3, -0.25) is 4.79 Å². The lowest BCUT2D eigenvalue weighted by molar-refractivity contribution is 0.0997. The molecule has 3 nitrogen and oxygen atoms in total. The van der Waals surface area contributed by atoms with Crippen LogP contribution in [-0.4, -0.2) is 24.7 Å². The van der Waals surface area contributed by atoms with Crippen molar-refractivity contribution in [3.05, 3.63) is 52.0 Å². The Bertz CT molecular complexity index is 667. The van der Waals surface area contributed by atoms with E-state index in [1.54, 1.807) is 31.3 Å². The van der Waals surface area contributed by atoms with E-state index in [0.29, 0.717) is 10.6 Å². The van der Waals surface area contributed by atoms with Crippen LogP contribution in [0.1, 0.15) is 14.5 Å². The summed E-state index contributed by atoms with van der Waals surface area (Å²) in [4.78, 5) is 15.0. The van der Waals surface area contributed by atoms with Crippen molar-refractivity contribution in [3.63, 3.8) is 0 Å². The number of carbonyl (C=O) groups is 1. The third kappa shape index (κ3) is 3.23. The van der Waals surface area contributed by atoms with Gasteiger partial charge in [0.05, 0.1) is 9.75 Å². The lowest BCUT2D eigenvalue weighted by Crippen LogP contribution is -2.25. The average molecular weight is 289 g/mol. The molecule has 1 aromatic heterocycles. The SMILES string of the molecule is CN(C(=O)c1ccc(C#CCO)s1)c1ccc(F)cc1. The molecule has 0 aliphatic rings. The molecule has 2 rings (SSSR count). The first-order valence-corrected chi connectivity index (χ1v) is 6.66. The van der Waals surface area contributed by atoms with Crippen LogP contribution in [-0.2, 0) is 0 Å². The first kappa shape index (κ1) is 14.3. The number of rotatable bonds is 2. The summed E-state index contributed by atoms with van der Waals surface area (Å²) < 4.78 is 12.9. The zero-order valence-corrected chi connectivity index (χ0v) is 11.6. The molecular formula is C15H12FNO2S. The number of hydrogen-bond donors (Lipinski definition) is 1. The van der Waals surface area contributed by atoms with Crippen molar-refractivity contribution in [1.82, 2.24) is 0 Å². The molecule has 0 bridgehead atoms. The maximum Gasteiger partial charge on any atom is 0.268 e. The molecule has 1 aromatic carbocycles. The van der Waals surface area contributed by atoms with Crippen LogP contribution in [0.5, 0.6) is 0 Å². The number of halogens is 1. The summed E-state index contributed by atoms with van der Waals surface area (Å²) in [5, 5.41) is 8.63. The van der Waals surface area contributed by atoms with Crippen LogP contribution in [0.3, 0.4) is 0 Å². The normalized spacial score (nSPS) is 9.75. The fourth-order valence-electron chi connectivity index (χ4n) is 1.59. The first-order valence-electron chi connectivity index (χ1n) is 5.85. The van der Waals surface area contributed by atoms with Crippen molar-refractivity contribution in [2.24, 2.45) is 0 Å². The Morgan fingerprint density at radius 1 is 1.30 bits per heavy atom. The summed E-state index contributed by atoms with van der Waals surface area (Å²) in [6.45, 7) is -0.212. The van der Waals surface area contributed by atoms with Gasteiger partial charge in [-0.25, -0.2) is 4.39 Å². The highest BCUT2D eigenvalue weighted by Gasteiger charge is 2.15. The Labute approximate surface area is 120 Å². The van der Waals surface area contributed by atoms with E-state index in [4.69, 9.17) is 5.11 Å². The molecule has 102 valence electrons. The number of benzene rings is 1. The van der Waals surface area contributed by atoms with Crippen LogP contribution in [0.4, 0.5) is 10.1 Å². The predicted molar refractivity (Wildman–Crippen MR) is 77.4 cm³/mol. The number of nitrogens with zero attached hydrogens (tertiary/aromatic N) is 1. The second kappa shape index (κ2) is 6.33. The van der Waals surface area contributed by atoms with Crippen LogP contribution < -0.4 is 4.90 Å². The topological polar surface area (TPSA) is 40.5 Å². The second-order valence-electron chi connectivity index (χ2n) is 3.96. The molecule has 0 fully saturated rings. The molecule has 0 aliphatic carbocycles. The minimum absolute atomic E-state index is 0.182. The number of carbonyl (C=O) groups excluding carboxylic acids is 1. The van der Waals surface area contributed by atoms with Gasteiger partial charge in [-0.1, -0.05) is 11.8 Å². The summed E-state index contributed by atoms with van der Waals surface area (Å²) >= 11 is 1.26. The number of aliphatic hydroxyl groups is 1. The van der Waals surface area contributed by atoms with Gasteiger partial charge in [0.25, 0.3) is 5.91 Å². The van der Waals surface area contributed by atoms with Gasteiger partial charge >= 0.3 is 0 Å². The minimum Gasteiger partial charge on any atom is -0.384 e. The number of amides is 1. The van der Waals surface area contributed by atoms with Gasteiger partial charge in [-0.2, -0.15) is 0 Å². The van der Waals surface area contributed by atoms with E-state index in [2.05, 4.69) is 11.8 Å². The molecular weight excluding hydrogens is 277 g/mol. The summed E-state index contributed by atoms with van der Waals surface area (Å²) in [5.74, 6) is 4.77. The van der Waals surface area contributed by atoms with Gasteiger partial charge in [0.1, 0.15) is 12.4 Å². The minimum atomic E-state index is -0.340. The van der Waals surface area contributed by atoms with E-state index < -0.39 is 0 Å². The van der Waals surface area contributed by atoms with Crippen LogP contribution in [0.2, 0.25) is 0 Å². The molecule has 1 amide bonds. The molecule has 1 heterocycles. The van der Waals surface area contributed by atoms with Crippen LogP contribution in [0.25, 0.3) is 0 Å². The molecule has 0 aliphatic heterocycles. The number of thiophene rings is 1. The molecule has 1 N–H and O–H groups in total. The Hall–Kier alpha value is -2.16. The number of anilines is 1. The lowest BCUT2D eigenvalue weighted by Gasteiger charge is -2.16. The third-order valence-corrected chi connectivity index (χ3v) is 3.61. The summed E-state index contributed by atoms with van der Waals surface area (Å²) in [6, 6.07) is 9.14. The largest absolute Gasteiger partial charge is 0.384 e. The molecule has 0 atom stereocenters. The van der Waals surface area contributed by atoms with Gasteiger partial charge < -0.3 is 10.0 Å². The smallest absolute Gasteiger partial charge is 0.268 e. The van der Waals surface area contributed by atoms with Crippen molar-refractivity contribution >= 4 is 22.9 Å². The third-order valence-electron chi connectivity index (χ3n) is 2.63. The lowest BCUT2D eigenvalue weighted by atomic mass is 10.3. The molecule has 0 spiro atoms. The number of hydrogen-bond acceptors (Lipinski definition) is 3. The summed E-state index contributed by atoms with van der Waals surface area (Å²) in [7, 11) is 1.63. The van der Waals surface area contributed by atoms with Gasteiger partial charge in [0, 0.05) is 12.7 Å². The molecule has 0 saturated carbocycles. The Kier molecular flexibility index (Phi) is 4.51. The summed E-state index contributed by atoms with van der Waals surface area (Å²) in [6.07, 6.45) is 0. The van der Waals surface area contributed by atoms with Crippen LogP contribution in [0, 0.1) is 17.7 Å². The summed E-state index contributed by atoms with van der Waals surface area (Å²) in [5.41, 5.74) is 0.618. The quantitative estimate of drug-likeness (QED) is 0.863. The zero-order chi connectivity index (χ0) is 14.5. The highest BCUT2D eigenvalue weighted by Crippen LogP contribution is 2.21. The average Bonchev–Trinajstić information content (AvgIpc) is 2.93. The molecule has 0 radical (unpaired) electrons. The van der Waals surface area contributed by atoms with E-state index in [9.17, 15) is 9.18 Å². The zero-order valence-electron chi connectivity index (χ0n) is 10.8. The van der Waals surface area contributed by atoms with E-state index in [0.717, 1.165) is 4.88 Å². The van der Waals surface area contributed by atoms with Gasteiger partial charge in [-0.05, 0) is 36.4 Å². The first-order chi connectivity index (χ1) is 9.61. The van der Waals surface area contributed by atoms with Crippen LogP contribution in [0.15, 0.2) is 36.4 Å². The fraction of sp³-hybridized carbons (Fsp3) is 0.133. The molecule has 0 unspecified atom stereocenters. The van der Waals surface area contributed by atoms with Crippen molar-refractivity contribution in [2.45, 2.75) is 0 Å². The van der Waals surface area contributed by atoms with Crippen LogP contribution >= 0.6 is 11.3 Å². The van der Waals surface area contributed by atoms with Crippen molar-refractivity contribution in [2.75, 3.05) is 18.6 Å². The van der Waals surface area contributed by atoms with Gasteiger partial charge in [0.2, 0.25) is 0 Å². The highest BCUT2D eigenvalue weighted by molar-refractivity contribution is 7.14. The highest BCUT2D eigenvalue weighted by atomic mass is 32.1. The van der Waals surface area contributed by atoms with Crippen molar-refractivity contribution in [1.29, 1.82) is 0 Å². The molecule has 2 aromatic rings. The Balaban J connectivity index is 2.18. The van der Waals surface area contributed by atoms with Gasteiger partial charge in [0.15, 0.2) is 0 Å². The number of aliphatic hydroxyl groups excluding tert-OH is 1. The van der Waals surface area contributed by atoms with E-state index in [1.165, 1.54) is 28.4 Å². The Morgan fingerprint density at radius 2 is 2.00 bits per heavy atom. The fourth-order valence-corrected chi connectivity index (χ4v) is 2.45. The predicted octanol–water partition coefficient (Wildman–Crippen LogP) is 2.51. The molecule has 0 saturated heterocycles. The standard InChI is InChI=1S/C15H12FNO2S/c1-17(12-6-4-11(16)5-7-12)15(19)14-9-8-13(20-14)3-2-10-18/h4-9,18H,10H2,1H3. The molecule has 5 heteroatoms. The monoisotopic (exact) mass is 289 g/mol. The Morgan fingerprint density at radius 3 is 2.65 bits per heavy atom. The second-order valence-corrected chi connectivity index (χ2v) is 5.05. The van der Waals surface area contributed by atoms with Gasteiger partial charge in [-0.15, -0.1) is 11.3 Å². The van der Waals surface area contributed by atoms with E-state index in [-0.39, 0.29) is 18.3 Å². The van der Waals surface area contributed by atoms with E-state index in [1.807, 2.05) is 0 Å². The van der Waals surface area contributed by atoms with Crippen molar-refractivity contribution < 1.29 is 14.3 Å². The maximum atomic E-state index is 12.9.